The molecule has 0 bridgehead atoms. The Labute approximate surface area is 154 Å². The third-order valence-electron chi connectivity index (χ3n) is 4.70. The van der Waals surface area contributed by atoms with Gasteiger partial charge in [-0.3, -0.25) is 4.79 Å². The third kappa shape index (κ3) is 4.42. The van der Waals surface area contributed by atoms with Crippen molar-refractivity contribution >= 4 is 12.0 Å². The minimum Gasteiger partial charge on any atom is -0.453 e. The molecule has 0 saturated carbocycles. The van der Waals surface area contributed by atoms with Crippen LogP contribution >= 0.6 is 0 Å². The van der Waals surface area contributed by atoms with E-state index in [-0.39, 0.29) is 12.0 Å². The van der Waals surface area contributed by atoms with Gasteiger partial charge >= 0.3 is 6.09 Å². The maximum Gasteiger partial charge on any atom is 0.409 e. The van der Waals surface area contributed by atoms with Crippen LogP contribution in [0.15, 0.2) is 54.6 Å². The SMILES string of the molecule is COC(=O)N1CCCN(C(=O)Cc2ccc(-c3ccccc3)cc2)CC1. The summed E-state index contributed by atoms with van der Waals surface area (Å²) in [5.74, 6) is 0.101. The zero-order valence-electron chi connectivity index (χ0n) is 15.1. The molecule has 5 nitrogen and oxygen atoms in total. The molecule has 0 N–H and O–H groups in total. The van der Waals surface area contributed by atoms with E-state index in [9.17, 15) is 9.59 Å². The van der Waals surface area contributed by atoms with Gasteiger partial charge in [-0.2, -0.15) is 0 Å². The molecule has 0 aliphatic carbocycles. The summed E-state index contributed by atoms with van der Waals surface area (Å²) in [5.41, 5.74) is 3.31. The third-order valence-corrected chi connectivity index (χ3v) is 4.70. The highest BCUT2D eigenvalue weighted by molar-refractivity contribution is 5.79. The van der Waals surface area contributed by atoms with Gasteiger partial charge in [0.2, 0.25) is 5.91 Å². The van der Waals surface area contributed by atoms with Crippen molar-refractivity contribution in [2.75, 3.05) is 33.3 Å². The minimum atomic E-state index is -0.323. The molecule has 1 saturated heterocycles. The van der Waals surface area contributed by atoms with Crippen LogP contribution in [0, 0.1) is 0 Å². The molecule has 0 aromatic heterocycles. The van der Waals surface area contributed by atoms with Crippen LogP contribution in [-0.4, -0.2) is 55.1 Å². The smallest absolute Gasteiger partial charge is 0.409 e. The lowest BCUT2D eigenvalue weighted by atomic mass is 10.0. The largest absolute Gasteiger partial charge is 0.453 e. The molecule has 2 amide bonds. The zero-order valence-corrected chi connectivity index (χ0v) is 15.1. The average molecular weight is 352 g/mol. The standard InChI is InChI=1S/C21H24N2O3/c1-26-21(25)23-13-5-12-22(14-15-23)20(24)16-17-8-10-19(11-9-17)18-6-3-2-4-7-18/h2-4,6-11H,5,12-16H2,1H3. The molecular formula is C21H24N2O3. The molecule has 2 aromatic rings. The van der Waals surface area contributed by atoms with Crippen LogP contribution in [0.3, 0.4) is 0 Å². The van der Waals surface area contributed by atoms with Crippen LogP contribution in [0.5, 0.6) is 0 Å². The van der Waals surface area contributed by atoms with Gasteiger partial charge in [0.1, 0.15) is 0 Å². The Balaban J connectivity index is 1.58. The Morgan fingerprint density at radius 3 is 2.15 bits per heavy atom. The highest BCUT2D eigenvalue weighted by Gasteiger charge is 2.22. The van der Waals surface area contributed by atoms with Crippen LogP contribution in [0.2, 0.25) is 0 Å². The molecule has 1 heterocycles. The fourth-order valence-corrected chi connectivity index (χ4v) is 3.21. The van der Waals surface area contributed by atoms with Gasteiger partial charge in [-0.25, -0.2) is 4.79 Å². The van der Waals surface area contributed by atoms with E-state index in [1.54, 1.807) is 4.90 Å². The maximum atomic E-state index is 12.6. The molecule has 1 fully saturated rings. The minimum absolute atomic E-state index is 0.101. The summed E-state index contributed by atoms with van der Waals surface area (Å²) in [4.78, 5) is 27.7. The van der Waals surface area contributed by atoms with Crippen molar-refractivity contribution in [3.05, 3.63) is 60.2 Å². The Hall–Kier alpha value is -2.82. The quantitative estimate of drug-likeness (QED) is 0.852. The van der Waals surface area contributed by atoms with Crippen LogP contribution in [-0.2, 0) is 16.0 Å². The predicted octanol–water partition coefficient (Wildman–Crippen LogP) is 3.20. The molecule has 1 aliphatic rings. The van der Waals surface area contributed by atoms with Crippen LogP contribution in [0.25, 0.3) is 11.1 Å². The number of amides is 2. The van der Waals surface area contributed by atoms with E-state index in [0.29, 0.717) is 32.6 Å². The zero-order chi connectivity index (χ0) is 18.4. The van der Waals surface area contributed by atoms with Crippen molar-refractivity contribution in [2.24, 2.45) is 0 Å². The Bertz CT molecular complexity index is 744. The Morgan fingerprint density at radius 2 is 1.46 bits per heavy atom. The van der Waals surface area contributed by atoms with Crippen LogP contribution < -0.4 is 0 Å². The summed E-state index contributed by atoms with van der Waals surface area (Å²) in [6.07, 6.45) is 0.831. The normalized spacial score (nSPS) is 14.7. The highest BCUT2D eigenvalue weighted by Crippen LogP contribution is 2.19. The van der Waals surface area contributed by atoms with Gasteiger partial charge in [0.25, 0.3) is 0 Å². The molecule has 0 spiro atoms. The van der Waals surface area contributed by atoms with E-state index in [4.69, 9.17) is 4.74 Å². The molecule has 0 unspecified atom stereocenters. The summed E-state index contributed by atoms with van der Waals surface area (Å²) in [6, 6.07) is 18.3. The Morgan fingerprint density at radius 1 is 0.846 bits per heavy atom. The van der Waals surface area contributed by atoms with Gasteiger partial charge in [0.05, 0.1) is 13.5 Å². The molecule has 26 heavy (non-hydrogen) atoms. The number of hydrogen-bond donors (Lipinski definition) is 0. The lowest BCUT2D eigenvalue weighted by molar-refractivity contribution is -0.130. The molecule has 136 valence electrons. The van der Waals surface area contributed by atoms with E-state index in [1.807, 2.05) is 35.2 Å². The summed E-state index contributed by atoms with van der Waals surface area (Å²) in [6.45, 7) is 2.37. The number of carbonyl (C=O) groups excluding carboxylic acids is 2. The molecule has 2 aromatic carbocycles. The molecule has 5 heteroatoms. The predicted molar refractivity (Wildman–Crippen MR) is 101 cm³/mol. The van der Waals surface area contributed by atoms with Crippen LogP contribution in [0.4, 0.5) is 4.79 Å². The van der Waals surface area contributed by atoms with Gasteiger partial charge in [-0.05, 0) is 23.1 Å². The Kier molecular flexibility index (Phi) is 5.89. The summed E-state index contributed by atoms with van der Waals surface area (Å²) >= 11 is 0. The van der Waals surface area contributed by atoms with Crippen molar-refractivity contribution < 1.29 is 14.3 Å². The number of ether oxygens (including phenoxy) is 1. The van der Waals surface area contributed by atoms with Crippen molar-refractivity contribution in [3.63, 3.8) is 0 Å². The fraction of sp³-hybridized carbons (Fsp3) is 0.333. The monoisotopic (exact) mass is 352 g/mol. The first-order chi connectivity index (χ1) is 12.7. The topological polar surface area (TPSA) is 49.9 Å². The fourth-order valence-electron chi connectivity index (χ4n) is 3.21. The first-order valence-corrected chi connectivity index (χ1v) is 8.92. The second kappa shape index (κ2) is 8.52. The van der Waals surface area contributed by atoms with Gasteiger partial charge in [0.15, 0.2) is 0 Å². The van der Waals surface area contributed by atoms with Gasteiger partial charge in [-0.15, -0.1) is 0 Å². The van der Waals surface area contributed by atoms with E-state index < -0.39 is 0 Å². The van der Waals surface area contributed by atoms with Crippen molar-refractivity contribution in [2.45, 2.75) is 12.8 Å². The van der Waals surface area contributed by atoms with Gasteiger partial charge < -0.3 is 14.5 Å². The number of carbonyl (C=O) groups is 2. The number of nitrogens with zero attached hydrogens (tertiary/aromatic N) is 2. The van der Waals surface area contributed by atoms with Crippen LogP contribution in [0.1, 0.15) is 12.0 Å². The highest BCUT2D eigenvalue weighted by atomic mass is 16.5. The number of rotatable bonds is 3. The van der Waals surface area contributed by atoms with E-state index >= 15 is 0 Å². The lowest BCUT2D eigenvalue weighted by Gasteiger charge is -2.21. The molecule has 1 aliphatic heterocycles. The average Bonchev–Trinajstić information content (AvgIpc) is 2.95. The van der Waals surface area contributed by atoms with E-state index in [2.05, 4.69) is 24.3 Å². The second-order valence-corrected chi connectivity index (χ2v) is 6.43. The molecule has 3 rings (SSSR count). The van der Waals surface area contributed by atoms with Crippen molar-refractivity contribution in [1.29, 1.82) is 0 Å². The van der Waals surface area contributed by atoms with Crippen molar-refractivity contribution in [1.82, 2.24) is 9.80 Å². The van der Waals surface area contributed by atoms with Gasteiger partial charge in [0, 0.05) is 26.2 Å². The number of benzene rings is 2. The lowest BCUT2D eigenvalue weighted by Crippen LogP contribution is -2.37. The molecular weight excluding hydrogens is 328 g/mol. The molecule has 0 atom stereocenters. The summed E-state index contributed by atoms with van der Waals surface area (Å²) < 4.78 is 4.77. The van der Waals surface area contributed by atoms with Crippen molar-refractivity contribution in [3.8, 4) is 11.1 Å². The first-order valence-electron chi connectivity index (χ1n) is 8.92. The molecule has 0 radical (unpaired) electrons. The first kappa shape index (κ1) is 18.0. The van der Waals surface area contributed by atoms with Gasteiger partial charge in [-0.1, -0.05) is 54.6 Å². The summed E-state index contributed by atoms with van der Waals surface area (Å²) in [5, 5.41) is 0. The maximum absolute atomic E-state index is 12.6. The number of hydrogen-bond acceptors (Lipinski definition) is 3. The van der Waals surface area contributed by atoms with E-state index in [1.165, 1.54) is 12.7 Å². The van der Waals surface area contributed by atoms with E-state index in [0.717, 1.165) is 17.5 Å². The number of methoxy groups -OCH3 is 1. The second-order valence-electron chi connectivity index (χ2n) is 6.43. The summed E-state index contributed by atoms with van der Waals surface area (Å²) in [7, 11) is 1.38.